The van der Waals surface area contributed by atoms with E-state index in [0.717, 1.165) is 11.1 Å². The van der Waals surface area contributed by atoms with E-state index in [4.69, 9.17) is 0 Å². The maximum Gasteiger partial charge on any atom is 0.217 e. The molecule has 1 aromatic rings. The van der Waals surface area contributed by atoms with Gasteiger partial charge in [-0.05, 0) is 24.6 Å². The summed E-state index contributed by atoms with van der Waals surface area (Å²) in [7, 11) is 0. The number of amides is 1. The van der Waals surface area contributed by atoms with Gasteiger partial charge in [0.25, 0.3) is 0 Å². The van der Waals surface area contributed by atoms with Crippen LogP contribution in [0.3, 0.4) is 0 Å². The van der Waals surface area contributed by atoms with Crippen LogP contribution in [0.5, 0.6) is 0 Å². The zero-order valence-electron chi connectivity index (χ0n) is 10.0. The van der Waals surface area contributed by atoms with Crippen LogP contribution in [0.15, 0.2) is 24.3 Å². The van der Waals surface area contributed by atoms with E-state index < -0.39 is 0 Å². The lowest BCUT2D eigenvalue weighted by Gasteiger charge is -1.98. The number of hydrogen-bond donors (Lipinski definition) is 1. The molecule has 88 valence electrons. The van der Waals surface area contributed by atoms with E-state index in [2.05, 4.69) is 17.2 Å². The fraction of sp³-hybridized carbons (Fsp3) is 0.286. The lowest BCUT2D eigenvalue weighted by atomic mass is 10.1. The second-order valence-corrected chi connectivity index (χ2v) is 3.79. The summed E-state index contributed by atoms with van der Waals surface area (Å²) < 4.78 is 0. The predicted molar refractivity (Wildman–Crippen MR) is 66.4 cm³/mol. The molecule has 0 saturated carbocycles. The third kappa shape index (κ3) is 5.53. The summed E-state index contributed by atoms with van der Waals surface area (Å²) in [5.41, 5.74) is 1.82. The maximum atomic E-state index is 11.0. The van der Waals surface area contributed by atoms with Crippen LogP contribution in [0.4, 0.5) is 0 Å². The van der Waals surface area contributed by atoms with Crippen molar-refractivity contribution >= 4 is 11.7 Å². The molecule has 0 aliphatic heterocycles. The van der Waals surface area contributed by atoms with Crippen molar-refractivity contribution in [1.29, 1.82) is 0 Å². The minimum absolute atomic E-state index is 0.0929. The van der Waals surface area contributed by atoms with Gasteiger partial charge in [0.15, 0.2) is 0 Å². The molecule has 0 spiro atoms. The molecule has 1 N–H and O–H groups in total. The molecule has 0 bridgehead atoms. The Hall–Kier alpha value is -2.08. The summed E-state index contributed by atoms with van der Waals surface area (Å²) in [4.78, 5) is 21.6. The molecule has 1 rings (SSSR count). The van der Waals surface area contributed by atoms with Crippen LogP contribution in [0.2, 0.25) is 0 Å². The quantitative estimate of drug-likeness (QED) is 0.794. The number of carbonyl (C=O) groups is 2. The monoisotopic (exact) mass is 229 g/mol. The van der Waals surface area contributed by atoms with Crippen molar-refractivity contribution in [1.82, 2.24) is 5.32 Å². The van der Waals surface area contributed by atoms with Gasteiger partial charge in [-0.25, -0.2) is 0 Å². The highest BCUT2D eigenvalue weighted by atomic mass is 16.1. The normalized spacial score (nSPS) is 9.06. The third-order valence-electron chi connectivity index (χ3n) is 2.04. The highest BCUT2D eigenvalue weighted by Crippen LogP contribution is 2.05. The van der Waals surface area contributed by atoms with Crippen LogP contribution in [-0.2, 0) is 16.0 Å². The van der Waals surface area contributed by atoms with E-state index in [1.807, 2.05) is 24.3 Å². The molecular weight excluding hydrogens is 214 g/mol. The van der Waals surface area contributed by atoms with Crippen molar-refractivity contribution in [3.8, 4) is 11.8 Å². The lowest BCUT2D eigenvalue weighted by Crippen LogP contribution is -2.19. The molecule has 17 heavy (non-hydrogen) atoms. The molecule has 0 saturated heterocycles. The van der Waals surface area contributed by atoms with Gasteiger partial charge in [-0.2, -0.15) is 0 Å². The van der Waals surface area contributed by atoms with E-state index in [0.29, 0.717) is 13.0 Å². The Kier molecular flexibility index (Phi) is 4.96. The molecule has 1 aromatic carbocycles. The molecule has 0 heterocycles. The highest BCUT2D eigenvalue weighted by Gasteiger charge is 1.97. The first kappa shape index (κ1) is 13.0. The first-order valence-electron chi connectivity index (χ1n) is 5.39. The van der Waals surface area contributed by atoms with Crippen LogP contribution >= 0.6 is 0 Å². The summed E-state index contributed by atoms with van der Waals surface area (Å²) in [5.74, 6) is 5.82. The smallest absolute Gasteiger partial charge is 0.217 e. The van der Waals surface area contributed by atoms with Crippen molar-refractivity contribution in [2.75, 3.05) is 6.54 Å². The molecular formula is C14H15NO2. The summed E-state index contributed by atoms with van der Waals surface area (Å²) in [5, 5.41) is 2.60. The van der Waals surface area contributed by atoms with Gasteiger partial charge in [0, 0.05) is 18.9 Å². The zero-order valence-corrected chi connectivity index (χ0v) is 10.0. The Balaban J connectivity index is 2.65. The van der Waals surface area contributed by atoms with Crippen LogP contribution in [-0.4, -0.2) is 18.2 Å². The Morgan fingerprint density at radius 2 is 2.06 bits per heavy atom. The standard InChI is InChI=1S/C14H15NO2/c1-11(16)9-14-6-3-5-13(10-14)7-4-8-15-12(2)17/h3,5-6,10H,8-9H2,1-2H3,(H,15,17). The van der Waals surface area contributed by atoms with Crippen LogP contribution in [0.1, 0.15) is 25.0 Å². The molecule has 0 unspecified atom stereocenters. The summed E-state index contributed by atoms with van der Waals surface area (Å²) >= 11 is 0. The average molecular weight is 229 g/mol. The summed E-state index contributed by atoms with van der Waals surface area (Å²) in [6, 6.07) is 7.55. The van der Waals surface area contributed by atoms with Crippen molar-refractivity contribution in [3.63, 3.8) is 0 Å². The maximum absolute atomic E-state index is 11.0. The summed E-state index contributed by atoms with van der Waals surface area (Å²) in [6.07, 6.45) is 0.432. The number of rotatable bonds is 3. The molecule has 0 fully saturated rings. The molecule has 0 radical (unpaired) electrons. The van der Waals surface area contributed by atoms with Gasteiger partial charge >= 0.3 is 0 Å². The highest BCUT2D eigenvalue weighted by molar-refractivity contribution is 5.78. The largest absolute Gasteiger partial charge is 0.345 e. The van der Waals surface area contributed by atoms with Gasteiger partial charge < -0.3 is 5.32 Å². The van der Waals surface area contributed by atoms with Crippen LogP contribution in [0.25, 0.3) is 0 Å². The summed E-state index contributed by atoms with van der Waals surface area (Å²) in [6.45, 7) is 3.36. The van der Waals surface area contributed by atoms with Gasteiger partial charge in [0.2, 0.25) is 5.91 Å². The number of hydrogen-bond acceptors (Lipinski definition) is 2. The second-order valence-electron chi connectivity index (χ2n) is 3.79. The average Bonchev–Trinajstić information content (AvgIpc) is 2.24. The molecule has 0 aliphatic carbocycles. The number of carbonyl (C=O) groups excluding carboxylic acids is 2. The number of benzene rings is 1. The minimum atomic E-state index is -0.0929. The van der Waals surface area contributed by atoms with Crippen molar-refractivity contribution < 1.29 is 9.59 Å². The van der Waals surface area contributed by atoms with Gasteiger partial charge in [-0.1, -0.05) is 24.0 Å². The number of Topliss-reactive ketones (excluding diaryl/α,β-unsaturated/α-hetero) is 1. The second kappa shape index (κ2) is 6.49. The zero-order chi connectivity index (χ0) is 12.7. The van der Waals surface area contributed by atoms with Gasteiger partial charge in [-0.3, -0.25) is 9.59 Å². The predicted octanol–water partition coefficient (Wildman–Crippen LogP) is 1.31. The minimum Gasteiger partial charge on any atom is -0.345 e. The van der Waals surface area contributed by atoms with E-state index in [-0.39, 0.29) is 11.7 Å². The van der Waals surface area contributed by atoms with Crippen LogP contribution < -0.4 is 5.32 Å². The molecule has 3 heteroatoms. The fourth-order valence-corrected chi connectivity index (χ4v) is 1.36. The van der Waals surface area contributed by atoms with E-state index in [9.17, 15) is 9.59 Å². The number of nitrogens with one attached hydrogen (secondary N) is 1. The molecule has 1 amide bonds. The Labute approximate surface area is 101 Å². The lowest BCUT2D eigenvalue weighted by molar-refractivity contribution is -0.119. The first-order chi connectivity index (χ1) is 8.08. The topological polar surface area (TPSA) is 46.2 Å². The molecule has 3 nitrogen and oxygen atoms in total. The first-order valence-corrected chi connectivity index (χ1v) is 5.39. The van der Waals surface area contributed by atoms with Crippen molar-refractivity contribution in [2.24, 2.45) is 0 Å². The Bertz CT molecular complexity index is 480. The molecule has 0 aromatic heterocycles. The fourth-order valence-electron chi connectivity index (χ4n) is 1.36. The van der Waals surface area contributed by atoms with Gasteiger partial charge in [-0.15, -0.1) is 0 Å². The molecule has 0 atom stereocenters. The Morgan fingerprint density at radius 1 is 1.29 bits per heavy atom. The van der Waals surface area contributed by atoms with Gasteiger partial charge in [0.1, 0.15) is 5.78 Å². The van der Waals surface area contributed by atoms with Crippen molar-refractivity contribution in [2.45, 2.75) is 20.3 Å². The van der Waals surface area contributed by atoms with E-state index in [1.54, 1.807) is 6.92 Å². The Morgan fingerprint density at radius 3 is 2.71 bits per heavy atom. The van der Waals surface area contributed by atoms with Crippen LogP contribution in [0, 0.1) is 11.8 Å². The number of ketones is 1. The van der Waals surface area contributed by atoms with E-state index in [1.165, 1.54) is 6.92 Å². The van der Waals surface area contributed by atoms with Crippen molar-refractivity contribution in [3.05, 3.63) is 35.4 Å². The van der Waals surface area contributed by atoms with Gasteiger partial charge in [0.05, 0.1) is 6.54 Å². The SMILES string of the molecule is CC(=O)Cc1cccc(C#CCNC(C)=O)c1. The van der Waals surface area contributed by atoms with E-state index >= 15 is 0 Å². The third-order valence-corrected chi connectivity index (χ3v) is 2.04. The molecule has 0 aliphatic rings.